The summed E-state index contributed by atoms with van der Waals surface area (Å²) in [6, 6.07) is 1.94. The Balaban J connectivity index is 2.70. The van der Waals surface area contributed by atoms with Crippen LogP contribution in [-0.4, -0.2) is 34.9 Å². The third-order valence-electron chi connectivity index (χ3n) is 2.70. The predicted molar refractivity (Wildman–Crippen MR) is 72.3 cm³/mol. The number of aromatic amines is 1. The van der Waals surface area contributed by atoms with E-state index in [1.807, 2.05) is 6.07 Å². The van der Waals surface area contributed by atoms with Crippen molar-refractivity contribution in [2.24, 2.45) is 0 Å². The van der Waals surface area contributed by atoms with Gasteiger partial charge in [-0.2, -0.15) is 5.26 Å². The van der Waals surface area contributed by atoms with Gasteiger partial charge in [-0.05, 0) is 12.5 Å². The Bertz CT molecular complexity index is 751. The highest BCUT2D eigenvalue weighted by atomic mass is 32.1. The highest BCUT2D eigenvalue weighted by Gasteiger charge is 2.20. The first kappa shape index (κ1) is 13.2. The molecule has 19 heavy (non-hydrogen) atoms. The Kier molecular flexibility index (Phi) is 3.36. The molecule has 0 bridgehead atoms. The zero-order valence-corrected chi connectivity index (χ0v) is 11.6. The molecule has 2 heterocycles. The van der Waals surface area contributed by atoms with E-state index in [2.05, 4.69) is 9.97 Å². The van der Waals surface area contributed by atoms with Crippen molar-refractivity contribution in [3.8, 4) is 6.07 Å². The number of rotatable bonds is 2. The molecule has 1 N–H and O–H groups in total. The number of aromatic nitrogens is 2. The minimum atomic E-state index is -0.304. The van der Waals surface area contributed by atoms with Gasteiger partial charge in [0.1, 0.15) is 10.7 Å². The average Bonchev–Trinajstić information content (AvgIpc) is 2.66. The van der Waals surface area contributed by atoms with Gasteiger partial charge in [-0.15, -0.1) is 11.3 Å². The van der Waals surface area contributed by atoms with E-state index >= 15 is 0 Å². The van der Waals surface area contributed by atoms with Crippen molar-refractivity contribution < 1.29 is 4.79 Å². The van der Waals surface area contributed by atoms with Crippen LogP contribution in [0, 0.1) is 18.3 Å². The Morgan fingerprint density at radius 1 is 1.53 bits per heavy atom. The number of aryl methyl sites for hydroxylation is 1. The molecule has 0 aliphatic rings. The van der Waals surface area contributed by atoms with Crippen LogP contribution in [0.3, 0.4) is 0 Å². The van der Waals surface area contributed by atoms with E-state index in [4.69, 9.17) is 5.26 Å². The summed E-state index contributed by atoms with van der Waals surface area (Å²) < 4.78 is 0. The normalized spacial score (nSPS) is 10.4. The molecule has 7 heteroatoms. The summed E-state index contributed by atoms with van der Waals surface area (Å²) >= 11 is 1.18. The van der Waals surface area contributed by atoms with Gasteiger partial charge < -0.3 is 9.88 Å². The van der Waals surface area contributed by atoms with Crippen LogP contribution < -0.4 is 5.56 Å². The molecule has 6 nitrogen and oxygen atoms in total. The van der Waals surface area contributed by atoms with E-state index in [9.17, 15) is 9.59 Å². The van der Waals surface area contributed by atoms with Gasteiger partial charge in [0.15, 0.2) is 0 Å². The summed E-state index contributed by atoms with van der Waals surface area (Å²) in [5.74, 6) is 0.173. The maximum absolute atomic E-state index is 12.0. The first-order valence-electron chi connectivity index (χ1n) is 5.56. The van der Waals surface area contributed by atoms with E-state index in [-0.39, 0.29) is 17.9 Å². The molecule has 2 rings (SSSR count). The van der Waals surface area contributed by atoms with Gasteiger partial charge in [0.25, 0.3) is 11.5 Å². The largest absolute Gasteiger partial charge is 0.344 e. The van der Waals surface area contributed by atoms with Crippen LogP contribution in [-0.2, 0) is 6.42 Å². The zero-order chi connectivity index (χ0) is 14.2. The molecule has 0 unspecified atom stereocenters. The van der Waals surface area contributed by atoms with Gasteiger partial charge in [-0.1, -0.05) is 0 Å². The summed E-state index contributed by atoms with van der Waals surface area (Å²) in [4.78, 5) is 33.2. The van der Waals surface area contributed by atoms with Crippen molar-refractivity contribution in [3.05, 3.63) is 26.6 Å². The smallest absolute Gasteiger partial charge is 0.263 e. The lowest BCUT2D eigenvalue weighted by molar-refractivity contribution is 0.0831. The number of nitrogens with one attached hydrogen (secondary N) is 1. The second-order valence-electron chi connectivity index (χ2n) is 4.28. The number of hydrogen-bond acceptors (Lipinski definition) is 5. The number of nitriles is 1. The fraction of sp³-hybridized carbons (Fsp3) is 0.333. The first-order valence-corrected chi connectivity index (χ1v) is 6.38. The predicted octanol–water partition coefficient (Wildman–Crippen LogP) is 1.06. The van der Waals surface area contributed by atoms with Gasteiger partial charge in [0, 0.05) is 14.1 Å². The van der Waals surface area contributed by atoms with E-state index in [1.165, 1.54) is 16.2 Å². The Hall–Kier alpha value is -2.20. The highest BCUT2D eigenvalue weighted by Crippen LogP contribution is 2.27. The molecule has 0 aromatic carbocycles. The Labute approximate surface area is 113 Å². The van der Waals surface area contributed by atoms with Crippen molar-refractivity contribution in [3.63, 3.8) is 0 Å². The molecule has 0 atom stereocenters. The lowest BCUT2D eigenvalue weighted by atomic mass is 10.2. The quantitative estimate of drug-likeness (QED) is 0.888. The molecule has 0 aliphatic carbocycles. The minimum absolute atomic E-state index is 0.0408. The molecule has 2 aromatic heterocycles. The number of fused-ring (bicyclic) bond motifs is 1. The number of hydrogen-bond donors (Lipinski definition) is 1. The van der Waals surface area contributed by atoms with Crippen molar-refractivity contribution in [2.75, 3.05) is 14.1 Å². The third-order valence-corrected chi connectivity index (χ3v) is 3.87. The van der Waals surface area contributed by atoms with Gasteiger partial charge in [0.2, 0.25) is 0 Å². The summed E-state index contributed by atoms with van der Waals surface area (Å²) in [5, 5.41) is 9.06. The number of carbonyl (C=O) groups excluding carboxylic acids is 1. The van der Waals surface area contributed by atoms with Crippen LogP contribution in [0.2, 0.25) is 0 Å². The van der Waals surface area contributed by atoms with Crippen molar-refractivity contribution >= 4 is 27.5 Å². The third kappa shape index (κ3) is 2.22. The molecule has 0 radical (unpaired) electrons. The first-order chi connectivity index (χ1) is 8.95. The van der Waals surface area contributed by atoms with E-state index in [0.717, 1.165) is 0 Å². The summed E-state index contributed by atoms with van der Waals surface area (Å²) in [6.45, 7) is 1.73. The Morgan fingerprint density at radius 3 is 2.79 bits per heavy atom. The topological polar surface area (TPSA) is 89.8 Å². The van der Waals surface area contributed by atoms with E-state index < -0.39 is 0 Å². The lowest BCUT2D eigenvalue weighted by Crippen LogP contribution is -2.21. The Morgan fingerprint density at radius 2 is 2.21 bits per heavy atom. The van der Waals surface area contributed by atoms with Crippen molar-refractivity contribution in [1.29, 1.82) is 5.26 Å². The maximum Gasteiger partial charge on any atom is 0.263 e. The fourth-order valence-corrected chi connectivity index (χ4v) is 2.98. The monoisotopic (exact) mass is 276 g/mol. The number of amides is 1. The van der Waals surface area contributed by atoms with E-state index in [0.29, 0.717) is 26.5 Å². The minimum Gasteiger partial charge on any atom is -0.344 e. The van der Waals surface area contributed by atoms with Crippen LogP contribution in [0.1, 0.15) is 21.1 Å². The molecule has 0 fully saturated rings. The molecule has 1 amide bonds. The average molecular weight is 276 g/mol. The van der Waals surface area contributed by atoms with Gasteiger partial charge in [-0.25, -0.2) is 4.98 Å². The SMILES string of the molecule is Cc1c(C(=O)N(C)C)sc2nc(CC#N)[nH]c(=O)c12. The van der Waals surface area contributed by atoms with Crippen LogP contribution >= 0.6 is 11.3 Å². The standard InChI is InChI=1S/C12H12N4O2S/c1-6-8-10(17)14-7(4-5-13)15-11(8)19-9(6)12(18)16(2)3/h4H2,1-3H3,(H,14,15,17). The molecule has 2 aromatic rings. The van der Waals surface area contributed by atoms with Crippen LogP contribution in [0.25, 0.3) is 10.2 Å². The van der Waals surface area contributed by atoms with Crippen LogP contribution in [0.15, 0.2) is 4.79 Å². The lowest BCUT2D eigenvalue weighted by Gasteiger charge is -2.08. The summed E-state index contributed by atoms with van der Waals surface area (Å²) in [6.07, 6.45) is 0.0408. The molecule has 0 saturated carbocycles. The number of nitrogens with zero attached hydrogens (tertiary/aromatic N) is 3. The molecular weight excluding hydrogens is 264 g/mol. The number of H-pyrrole nitrogens is 1. The summed E-state index contributed by atoms with van der Waals surface area (Å²) in [5.41, 5.74) is 0.331. The van der Waals surface area contributed by atoms with Crippen molar-refractivity contribution in [1.82, 2.24) is 14.9 Å². The van der Waals surface area contributed by atoms with Crippen molar-refractivity contribution in [2.45, 2.75) is 13.3 Å². The second kappa shape index (κ2) is 4.82. The number of carbonyl (C=O) groups is 1. The van der Waals surface area contributed by atoms with E-state index in [1.54, 1.807) is 21.0 Å². The maximum atomic E-state index is 12.0. The molecule has 0 spiro atoms. The van der Waals surface area contributed by atoms with Gasteiger partial charge in [-0.3, -0.25) is 9.59 Å². The van der Waals surface area contributed by atoms with Gasteiger partial charge in [0.05, 0.1) is 22.8 Å². The molecular formula is C12H12N4O2S. The van der Waals surface area contributed by atoms with Gasteiger partial charge >= 0.3 is 0 Å². The molecule has 0 saturated heterocycles. The van der Waals surface area contributed by atoms with Crippen LogP contribution in [0.4, 0.5) is 0 Å². The fourth-order valence-electron chi connectivity index (χ4n) is 1.75. The number of thiophene rings is 1. The highest BCUT2D eigenvalue weighted by molar-refractivity contribution is 7.20. The van der Waals surface area contributed by atoms with Crippen LogP contribution in [0.5, 0.6) is 0 Å². The second-order valence-corrected chi connectivity index (χ2v) is 5.28. The zero-order valence-electron chi connectivity index (χ0n) is 10.8. The molecule has 98 valence electrons. The molecule has 0 aliphatic heterocycles. The summed E-state index contributed by atoms with van der Waals surface area (Å²) in [7, 11) is 3.32.